The van der Waals surface area contributed by atoms with Gasteiger partial charge in [-0.1, -0.05) is 12.1 Å². The van der Waals surface area contributed by atoms with Crippen LogP contribution in [0.15, 0.2) is 35.7 Å². The first-order valence-electron chi connectivity index (χ1n) is 7.04. The van der Waals surface area contributed by atoms with Crippen molar-refractivity contribution >= 4 is 28.0 Å². The van der Waals surface area contributed by atoms with Crippen LogP contribution in [0.1, 0.15) is 16.0 Å². The third-order valence-corrected chi connectivity index (χ3v) is 5.91. The number of carbonyl (C=O) groups excluding carboxylic acids is 1. The summed E-state index contributed by atoms with van der Waals surface area (Å²) in [5.74, 6) is -0.231. The molecule has 1 aliphatic heterocycles. The fourth-order valence-corrected chi connectivity index (χ4v) is 4.56. The average Bonchev–Trinajstić information content (AvgIpc) is 2.94. The van der Waals surface area contributed by atoms with Crippen LogP contribution in [0.4, 0.5) is 4.39 Å². The van der Waals surface area contributed by atoms with Gasteiger partial charge in [0.05, 0.1) is 0 Å². The van der Waals surface area contributed by atoms with Gasteiger partial charge in [0.2, 0.25) is 5.91 Å². The minimum absolute atomic E-state index is 0.00398. The second-order valence-corrected chi connectivity index (χ2v) is 7.75. The summed E-state index contributed by atoms with van der Waals surface area (Å²) in [5.41, 5.74) is 1.85. The predicted molar refractivity (Wildman–Crippen MR) is 86.6 cm³/mol. The Bertz CT molecular complexity index is 714. The van der Waals surface area contributed by atoms with Gasteiger partial charge < -0.3 is 4.90 Å². The highest BCUT2D eigenvalue weighted by Crippen LogP contribution is 2.24. The Kier molecular flexibility index (Phi) is 4.69. The highest BCUT2D eigenvalue weighted by Gasteiger charge is 2.22. The van der Waals surface area contributed by atoms with Gasteiger partial charge in [0.1, 0.15) is 11.6 Å². The van der Waals surface area contributed by atoms with Crippen molar-refractivity contribution in [3.8, 4) is 0 Å². The lowest BCUT2D eigenvalue weighted by molar-refractivity contribution is -0.129. The molecule has 3 nitrogen and oxygen atoms in total. The van der Waals surface area contributed by atoms with E-state index in [1.165, 1.54) is 22.6 Å². The van der Waals surface area contributed by atoms with Crippen molar-refractivity contribution in [2.45, 2.75) is 18.7 Å². The van der Waals surface area contributed by atoms with Crippen LogP contribution in [0.2, 0.25) is 0 Å². The standard InChI is InChI=1S/C16H16FNO2S2/c17-14-3-1-2-12(8-14)10-22(20)11-16(19)18-6-4-15-13(9-18)5-7-21-15/h1-3,5,7-8H,4,6,9-11H2/t22-/m0/s1. The third kappa shape index (κ3) is 3.62. The molecule has 116 valence electrons. The number of nitrogens with zero attached hydrogens (tertiary/aromatic N) is 1. The van der Waals surface area contributed by atoms with Gasteiger partial charge in [0.25, 0.3) is 0 Å². The van der Waals surface area contributed by atoms with Crippen LogP contribution in [0.3, 0.4) is 0 Å². The topological polar surface area (TPSA) is 37.4 Å². The van der Waals surface area contributed by atoms with Crippen LogP contribution in [-0.4, -0.2) is 27.3 Å². The molecule has 3 rings (SSSR count). The van der Waals surface area contributed by atoms with Crippen molar-refractivity contribution in [2.24, 2.45) is 0 Å². The number of amides is 1. The molecule has 0 unspecified atom stereocenters. The molecule has 22 heavy (non-hydrogen) atoms. The monoisotopic (exact) mass is 337 g/mol. The first-order chi connectivity index (χ1) is 10.6. The van der Waals surface area contributed by atoms with E-state index in [4.69, 9.17) is 0 Å². The van der Waals surface area contributed by atoms with E-state index in [9.17, 15) is 13.4 Å². The average molecular weight is 337 g/mol. The number of hydrogen-bond donors (Lipinski definition) is 0. The first kappa shape index (κ1) is 15.4. The molecule has 2 heterocycles. The summed E-state index contributed by atoms with van der Waals surface area (Å²) < 4.78 is 25.2. The summed E-state index contributed by atoms with van der Waals surface area (Å²) in [6.45, 7) is 1.29. The second kappa shape index (κ2) is 6.71. The molecule has 0 fully saturated rings. The van der Waals surface area contributed by atoms with Crippen molar-refractivity contribution in [3.05, 3.63) is 57.5 Å². The molecule has 0 bridgehead atoms. The molecule has 0 N–H and O–H groups in total. The van der Waals surface area contributed by atoms with E-state index in [1.54, 1.807) is 28.4 Å². The van der Waals surface area contributed by atoms with Crippen LogP contribution in [0.25, 0.3) is 0 Å². The summed E-state index contributed by atoms with van der Waals surface area (Å²) in [5, 5.41) is 2.04. The predicted octanol–water partition coefficient (Wildman–Crippen LogP) is 2.72. The van der Waals surface area contributed by atoms with Crippen LogP contribution in [-0.2, 0) is 34.3 Å². The molecule has 1 aromatic carbocycles. The maximum atomic E-state index is 13.1. The molecule has 0 saturated heterocycles. The van der Waals surface area contributed by atoms with Crippen molar-refractivity contribution in [3.63, 3.8) is 0 Å². The molecule has 0 saturated carbocycles. The zero-order valence-electron chi connectivity index (χ0n) is 12.0. The number of benzene rings is 1. The largest absolute Gasteiger partial charge is 0.337 e. The Labute approximate surface area is 135 Å². The van der Waals surface area contributed by atoms with E-state index in [2.05, 4.69) is 0 Å². The van der Waals surface area contributed by atoms with Gasteiger partial charge in [-0.3, -0.25) is 9.00 Å². The maximum Gasteiger partial charge on any atom is 0.235 e. The Morgan fingerprint density at radius 3 is 3.05 bits per heavy atom. The molecule has 0 spiro atoms. The van der Waals surface area contributed by atoms with Crippen LogP contribution in [0.5, 0.6) is 0 Å². The Hall–Kier alpha value is -1.53. The van der Waals surface area contributed by atoms with Crippen molar-refractivity contribution < 1.29 is 13.4 Å². The minimum atomic E-state index is -1.31. The summed E-state index contributed by atoms with van der Waals surface area (Å²) >= 11 is 1.72. The fourth-order valence-electron chi connectivity index (χ4n) is 2.55. The molecule has 1 amide bonds. The van der Waals surface area contributed by atoms with E-state index < -0.39 is 10.8 Å². The van der Waals surface area contributed by atoms with Gasteiger partial charge in [0.15, 0.2) is 0 Å². The van der Waals surface area contributed by atoms with Crippen LogP contribution < -0.4 is 0 Å². The zero-order chi connectivity index (χ0) is 15.5. The molecule has 1 aromatic heterocycles. The summed E-state index contributed by atoms with van der Waals surface area (Å²) in [7, 11) is -1.31. The Morgan fingerprint density at radius 1 is 1.36 bits per heavy atom. The number of fused-ring (bicyclic) bond motifs is 1. The van der Waals surface area contributed by atoms with Gasteiger partial charge in [0, 0.05) is 34.5 Å². The zero-order valence-corrected chi connectivity index (χ0v) is 13.6. The fraction of sp³-hybridized carbons (Fsp3) is 0.312. The number of halogens is 1. The molecule has 2 aromatic rings. The van der Waals surface area contributed by atoms with Gasteiger partial charge >= 0.3 is 0 Å². The number of rotatable bonds is 4. The number of thiophene rings is 1. The van der Waals surface area contributed by atoms with E-state index >= 15 is 0 Å². The lowest BCUT2D eigenvalue weighted by Gasteiger charge is -2.26. The van der Waals surface area contributed by atoms with E-state index in [0.717, 1.165) is 6.42 Å². The Balaban J connectivity index is 1.57. The molecule has 0 radical (unpaired) electrons. The molecule has 0 aliphatic carbocycles. The lowest BCUT2D eigenvalue weighted by atomic mass is 10.1. The summed E-state index contributed by atoms with van der Waals surface area (Å²) in [6, 6.07) is 8.07. The minimum Gasteiger partial charge on any atom is -0.337 e. The van der Waals surface area contributed by atoms with E-state index in [1.807, 2.05) is 11.4 Å². The quantitative estimate of drug-likeness (QED) is 0.860. The first-order valence-corrected chi connectivity index (χ1v) is 9.41. The van der Waals surface area contributed by atoms with Gasteiger partial charge in [-0.05, 0) is 41.1 Å². The highest BCUT2D eigenvalue weighted by atomic mass is 32.2. The van der Waals surface area contributed by atoms with Crippen molar-refractivity contribution in [1.29, 1.82) is 0 Å². The molecule has 1 aliphatic rings. The molecular formula is C16H16FNO2S2. The summed E-state index contributed by atoms with van der Waals surface area (Å²) in [6.07, 6.45) is 0.870. The summed E-state index contributed by atoms with van der Waals surface area (Å²) in [4.78, 5) is 15.4. The normalized spacial score (nSPS) is 15.4. The van der Waals surface area contributed by atoms with Crippen molar-refractivity contribution in [1.82, 2.24) is 4.90 Å². The smallest absolute Gasteiger partial charge is 0.235 e. The molecular weight excluding hydrogens is 321 g/mol. The van der Waals surface area contributed by atoms with Gasteiger partial charge in [-0.15, -0.1) is 11.3 Å². The molecule has 6 heteroatoms. The van der Waals surface area contributed by atoms with Gasteiger partial charge in [-0.25, -0.2) is 4.39 Å². The van der Waals surface area contributed by atoms with Gasteiger partial charge in [-0.2, -0.15) is 0 Å². The Morgan fingerprint density at radius 2 is 2.23 bits per heavy atom. The van der Waals surface area contributed by atoms with Crippen LogP contribution >= 0.6 is 11.3 Å². The van der Waals surface area contributed by atoms with E-state index in [-0.39, 0.29) is 23.2 Å². The third-order valence-electron chi connectivity index (χ3n) is 3.66. The maximum absolute atomic E-state index is 13.1. The van der Waals surface area contributed by atoms with Crippen LogP contribution in [0, 0.1) is 5.82 Å². The van der Waals surface area contributed by atoms with Crippen molar-refractivity contribution in [2.75, 3.05) is 12.3 Å². The van der Waals surface area contributed by atoms with E-state index in [0.29, 0.717) is 18.7 Å². The number of carbonyl (C=O) groups is 1. The highest BCUT2D eigenvalue weighted by molar-refractivity contribution is 7.84. The SMILES string of the molecule is O=C(C[S@@](=O)Cc1cccc(F)c1)N1CCc2sccc2C1. The second-order valence-electron chi connectivity index (χ2n) is 5.29. The number of hydrogen-bond acceptors (Lipinski definition) is 3. The molecule has 1 atom stereocenters. The lowest BCUT2D eigenvalue weighted by Crippen LogP contribution is -2.38.